The van der Waals surface area contributed by atoms with E-state index in [2.05, 4.69) is 55.6 Å². The molecule has 63 heavy (non-hydrogen) atoms. The molecule has 1 amide bonds. The fourth-order valence-corrected chi connectivity index (χ4v) is 8.07. The Labute approximate surface area is 391 Å². The van der Waals surface area contributed by atoms with Gasteiger partial charge in [-0.2, -0.15) is 0 Å². The minimum Gasteiger partial charge on any atom is -0.466 e. The lowest BCUT2D eigenvalue weighted by Crippen LogP contribution is -2.45. The number of aliphatic hydroxyl groups excluding tert-OH is 2. The maximum absolute atomic E-state index is 12.4. The van der Waals surface area contributed by atoms with Crippen molar-refractivity contribution in [2.75, 3.05) is 13.2 Å². The number of aliphatic hydroxyl groups is 2. The Kier molecular flexibility index (Phi) is 50.6. The van der Waals surface area contributed by atoms with Gasteiger partial charge in [0, 0.05) is 12.8 Å². The zero-order valence-corrected chi connectivity index (χ0v) is 41.8. The van der Waals surface area contributed by atoms with Gasteiger partial charge < -0.3 is 20.3 Å². The zero-order valence-electron chi connectivity index (χ0n) is 41.8. The minimum atomic E-state index is -0.849. The molecule has 6 nitrogen and oxygen atoms in total. The summed E-state index contributed by atoms with van der Waals surface area (Å²) in [5.41, 5.74) is 0. The Morgan fingerprint density at radius 3 is 1.24 bits per heavy atom. The molecule has 0 aromatic rings. The first-order chi connectivity index (χ1) is 31.0. The topological polar surface area (TPSA) is 95.9 Å². The van der Waals surface area contributed by atoms with Crippen LogP contribution in [0.3, 0.4) is 0 Å². The van der Waals surface area contributed by atoms with Gasteiger partial charge in [-0.25, -0.2) is 0 Å². The van der Waals surface area contributed by atoms with Crippen LogP contribution in [0.15, 0.2) is 48.6 Å². The van der Waals surface area contributed by atoms with Crippen LogP contribution in [-0.4, -0.2) is 47.4 Å². The van der Waals surface area contributed by atoms with Crippen molar-refractivity contribution in [3.8, 4) is 0 Å². The van der Waals surface area contributed by atoms with Crippen LogP contribution in [0.5, 0.6) is 0 Å². The van der Waals surface area contributed by atoms with E-state index in [0.29, 0.717) is 19.4 Å². The van der Waals surface area contributed by atoms with Gasteiger partial charge in [-0.1, -0.05) is 223 Å². The van der Waals surface area contributed by atoms with Crippen LogP contribution in [-0.2, 0) is 14.3 Å². The van der Waals surface area contributed by atoms with E-state index in [1.165, 1.54) is 186 Å². The molecule has 0 saturated carbocycles. The van der Waals surface area contributed by atoms with E-state index in [4.69, 9.17) is 4.74 Å². The molecule has 0 spiro atoms. The second-order valence-electron chi connectivity index (χ2n) is 18.5. The molecular formula is C57H105NO5. The highest BCUT2D eigenvalue weighted by atomic mass is 16.5. The summed E-state index contributed by atoms with van der Waals surface area (Å²) in [6, 6.07) is -0.634. The van der Waals surface area contributed by atoms with Crippen LogP contribution in [0, 0.1) is 0 Å². The number of allylic oxidation sites excluding steroid dienone is 7. The van der Waals surface area contributed by atoms with Crippen LogP contribution in [0.25, 0.3) is 0 Å². The summed E-state index contributed by atoms with van der Waals surface area (Å²) in [4.78, 5) is 24.4. The standard InChI is InChI=1S/C57H105NO5/c1-3-5-7-9-11-13-14-15-16-17-22-25-28-31-35-39-43-47-51-57(62)63-52-48-44-40-36-32-29-26-23-20-18-19-21-24-27-30-34-38-42-46-50-56(61)58-54(53-59)55(60)49-45-41-37-33-12-10-8-6-4-2/h13-14,16-19,45,49,54-55,59-60H,3-12,15,20-44,46-48,50-53H2,1-2H3,(H,58,61)/b14-13-,17-16-,19-18-,49-45+. The highest BCUT2D eigenvalue weighted by Crippen LogP contribution is 2.15. The average Bonchev–Trinajstić information content (AvgIpc) is 3.28. The number of rotatable bonds is 50. The first-order valence-electron chi connectivity index (χ1n) is 27.4. The van der Waals surface area contributed by atoms with Gasteiger partial charge >= 0.3 is 5.97 Å². The van der Waals surface area contributed by atoms with Gasteiger partial charge in [0.25, 0.3) is 0 Å². The number of carbonyl (C=O) groups excluding carboxylic acids is 2. The number of amides is 1. The third-order valence-electron chi connectivity index (χ3n) is 12.3. The smallest absolute Gasteiger partial charge is 0.305 e. The normalized spacial score (nSPS) is 13.0. The first-order valence-corrected chi connectivity index (χ1v) is 27.4. The highest BCUT2D eigenvalue weighted by molar-refractivity contribution is 5.76. The van der Waals surface area contributed by atoms with Crippen LogP contribution in [0.2, 0.25) is 0 Å². The molecule has 0 aliphatic heterocycles. The third-order valence-corrected chi connectivity index (χ3v) is 12.3. The predicted octanol–water partition coefficient (Wildman–Crippen LogP) is 16.6. The minimum absolute atomic E-state index is 0.00514. The molecule has 0 heterocycles. The molecule has 2 atom stereocenters. The summed E-state index contributed by atoms with van der Waals surface area (Å²) >= 11 is 0. The van der Waals surface area contributed by atoms with E-state index in [-0.39, 0.29) is 18.5 Å². The van der Waals surface area contributed by atoms with E-state index in [1.807, 2.05) is 6.08 Å². The molecule has 0 radical (unpaired) electrons. The van der Waals surface area contributed by atoms with Crippen molar-refractivity contribution in [1.82, 2.24) is 5.32 Å². The highest BCUT2D eigenvalue weighted by Gasteiger charge is 2.18. The quantitative estimate of drug-likeness (QED) is 0.0321. The van der Waals surface area contributed by atoms with Crippen molar-refractivity contribution in [2.45, 2.75) is 289 Å². The molecule has 368 valence electrons. The number of unbranched alkanes of at least 4 members (excludes halogenated alkanes) is 33. The van der Waals surface area contributed by atoms with Gasteiger partial charge in [0.1, 0.15) is 0 Å². The van der Waals surface area contributed by atoms with Crippen molar-refractivity contribution in [2.24, 2.45) is 0 Å². The van der Waals surface area contributed by atoms with E-state index in [1.54, 1.807) is 6.08 Å². The molecule has 0 saturated heterocycles. The molecule has 3 N–H and O–H groups in total. The summed E-state index contributed by atoms with van der Waals surface area (Å²) in [6.07, 6.45) is 65.6. The van der Waals surface area contributed by atoms with Gasteiger partial charge in [-0.15, -0.1) is 0 Å². The van der Waals surface area contributed by atoms with Crippen molar-refractivity contribution in [3.63, 3.8) is 0 Å². The fraction of sp³-hybridized carbons (Fsp3) is 0.825. The van der Waals surface area contributed by atoms with Crippen molar-refractivity contribution < 1.29 is 24.5 Å². The number of carbonyl (C=O) groups is 2. The Hall–Kier alpha value is -2.18. The zero-order chi connectivity index (χ0) is 45.8. The van der Waals surface area contributed by atoms with E-state index < -0.39 is 12.1 Å². The van der Waals surface area contributed by atoms with E-state index in [0.717, 1.165) is 64.2 Å². The second-order valence-corrected chi connectivity index (χ2v) is 18.5. The molecular weight excluding hydrogens is 779 g/mol. The van der Waals surface area contributed by atoms with Gasteiger partial charge in [0.15, 0.2) is 0 Å². The third kappa shape index (κ3) is 49.1. The van der Waals surface area contributed by atoms with Gasteiger partial charge in [0.2, 0.25) is 5.91 Å². The molecule has 0 aromatic heterocycles. The molecule has 0 aliphatic rings. The van der Waals surface area contributed by atoms with Crippen LogP contribution < -0.4 is 5.32 Å². The van der Waals surface area contributed by atoms with E-state index in [9.17, 15) is 19.8 Å². The molecule has 0 rings (SSSR count). The summed E-state index contributed by atoms with van der Waals surface area (Å²) in [7, 11) is 0. The number of esters is 1. The lowest BCUT2D eigenvalue weighted by Gasteiger charge is -2.20. The van der Waals surface area contributed by atoms with Crippen LogP contribution in [0.1, 0.15) is 277 Å². The largest absolute Gasteiger partial charge is 0.466 e. The van der Waals surface area contributed by atoms with Gasteiger partial charge in [-0.3, -0.25) is 9.59 Å². The Bertz CT molecular complexity index is 1070. The van der Waals surface area contributed by atoms with Gasteiger partial charge in [0.05, 0.1) is 25.4 Å². The predicted molar refractivity (Wildman–Crippen MR) is 273 cm³/mol. The molecule has 0 aromatic carbocycles. The summed E-state index contributed by atoms with van der Waals surface area (Å²) in [5, 5.41) is 22.9. The molecule has 0 bridgehead atoms. The molecule has 0 aliphatic carbocycles. The lowest BCUT2D eigenvalue weighted by atomic mass is 10.1. The fourth-order valence-electron chi connectivity index (χ4n) is 8.07. The Balaban J connectivity index is 3.44. The Morgan fingerprint density at radius 2 is 0.794 bits per heavy atom. The van der Waals surface area contributed by atoms with E-state index >= 15 is 0 Å². The summed E-state index contributed by atoms with van der Waals surface area (Å²) in [5.74, 6) is -0.0868. The molecule has 2 unspecified atom stereocenters. The average molecular weight is 884 g/mol. The van der Waals surface area contributed by atoms with Crippen molar-refractivity contribution >= 4 is 11.9 Å². The van der Waals surface area contributed by atoms with Crippen molar-refractivity contribution in [1.29, 1.82) is 0 Å². The monoisotopic (exact) mass is 884 g/mol. The van der Waals surface area contributed by atoms with Crippen LogP contribution >= 0.6 is 0 Å². The SMILES string of the molecule is CCCCCC/C=C\C/C=C\CCCCCCCCCC(=O)OCCCCCCCCCC/C=C\CCCCCCCCCC(=O)NC(CO)C(O)/C=C/CCCCCCCCC. The number of hydrogen-bond donors (Lipinski definition) is 3. The number of ether oxygens (including phenoxy) is 1. The summed E-state index contributed by atoms with van der Waals surface area (Å²) < 4.78 is 5.48. The molecule has 6 heteroatoms. The number of nitrogens with one attached hydrogen (secondary N) is 1. The number of hydrogen-bond acceptors (Lipinski definition) is 5. The maximum atomic E-state index is 12.4. The molecule has 0 fully saturated rings. The second kappa shape index (κ2) is 52.4. The summed E-state index contributed by atoms with van der Waals surface area (Å²) in [6.45, 7) is 4.83. The van der Waals surface area contributed by atoms with Crippen molar-refractivity contribution in [3.05, 3.63) is 48.6 Å². The lowest BCUT2D eigenvalue weighted by molar-refractivity contribution is -0.143. The first kappa shape index (κ1) is 60.8. The Morgan fingerprint density at radius 1 is 0.444 bits per heavy atom. The van der Waals surface area contributed by atoms with Gasteiger partial charge in [-0.05, 0) is 89.9 Å². The maximum Gasteiger partial charge on any atom is 0.305 e. The van der Waals surface area contributed by atoms with Crippen LogP contribution in [0.4, 0.5) is 0 Å².